The van der Waals surface area contributed by atoms with Gasteiger partial charge in [-0.3, -0.25) is 4.79 Å². The van der Waals surface area contributed by atoms with Crippen LogP contribution in [0, 0.1) is 0 Å². The summed E-state index contributed by atoms with van der Waals surface area (Å²) >= 11 is 6.17. The van der Waals surface area contributed by atoms with Crippen molar-refractivity contribution in [2.24, 2.45) is 0 Å². The number of ether oxygens (including phenoxy) is 3. The lowest BCUT2D eigenvalue weighted by Crippen LogP contribution is -2.44. The smallest absolute Gasteiger partial charge is 0.235 e. The van der Waals surface area contributed by atoms with Crippen molar-refractivity contribution in [1.29, 1.82) is 0 Å². The molecule has 1 fully saturated rings. The molecule has 0 bridgehead atoms. The van der Waals surface area contributed by atoms with Gasteiger partial charge in [-0.2, -0.15) is 0 Å². The van der Waals surface area contributed by atoms with E-state index in [1.54, 1.807) is 32.4 Å². The van der Waals surface area contributed by atoms with Gasteiger partial charge < -0.3 is 19.5 Å². The van der Waals surface area contributed by atoms with Crippen LogP contribution in [-0.4, -0.2) is 33.3 Å². The molecular weight excluding hydrogens is 354 g/mol. The first-order valence-corrected chi connectivity index (χ1v) is 8.84. The third kappa shape index (κ3) is 3.64. The highest BCUT2D eigenvalue weighted by atomic mass is 35.5. The Labute approximate surface area is 158 Å². The maximum absolute atomic E-state index is 13.2. The highest BCUT2D eigenvalue weighted by Crippen LogP contribution is 2.37. The molecule has 138 valence electrons. The minimum Gasteiger partial charge on any atom is -0.497 e. The first-order valence-electron chi connectivity index (χ1n) is 8.46. The van der Waals surface area contributed by atoms with Crippen LogP contribution in [0.4, 0.5) is 5.69 Å². The van der Waals surface area contributed by atoms with Crippen molar-refractivity contribution in [2.45, 2.75) is 18.3 Å². The van der Waals surface area contributed by atoms with Crippen molar-refractivity contribution in [1.82, 2.24) is 0 Å². The molecule has 2 aromatic rings. The van der Waals surface area contributed by atoms with Crippen LogP contribution in [0.25, 0.3) is 0 Å². The van der Waals surface area contributed by atoms with E-state index in [1.807, 2.05) is 24.3 Å². The molecule has 1 aliphatic heterocycles. The van der Waals surface area contributed by atoms with Gasteiger partial charge in [0.1, 0.15) is 11.5 Å². The van der Waals surface area contributed by atoms with Crippen LogP contribution in [0.5, 0.6) is 11.5 Å². The predicted molar refractivity (Wildman–Crippen MR) is 101 cm³/mol. The van der Waals surface area contributed by atoms with Crippen molar-refractivity contribution < 1.29 is 19.0 Å². The second kappa shape index (κ2) is 7.98. The monoisotopic (exact) mass is 375 g/mol. The van der Waals surface area contributed by atoms with Crippen molar-refractivity contribution in [3.63, 3.8) is 0 Å². The van der Waals surface area contributed by atoms with Crippen molar-refractivity contribution in [2.75, 3.05) is 32.8 Å². The van der Waals surface area contributed by atoms with Gasteiger partial charge in [0.15, 0.2) is 0 Å². The van der Waals surface area contributed by atoms with E-state index in [2.05, 4.69) is 5.32 Å². The highest BCUT2D eigenvalue weighted by Gasteiger charge is 2.41. The minimum atomic E-state index is -0.642. The molecule has 26 heavy (non-hydrogen) atoms. The molecule has 0 spiro atoms. The Morgan fingerprint density at radius 3 is 2.35 bits per heavy atom. The maximum atomic E-state index is 13.2. The van der Waals surface area contributed by atoms with Crippen molar-refractivity contribution >= 4 is 23.2 Å². The molecule has 1 saturated heterocycles. The first kappa shape index (κ1) is 18.5. The lowest BCUT2D eigenvalue weighted by molar-refractivity contribution is -0.125. The van der Waals surface area contributed by atoms with Crippen molar-refractivity contribution in [3.05, 3.63) is 53.1 Å². The number of benzene rings is 2. The number of halogens is 1. The van der Waals surface area contributed by atoms with Gasteiger partial charge in [-0.05, 0) is 48.7 Å². The fourth-order valence-corrected chi connectivity index (χ4v) is 3.53. The number of carbonyl (C=O) groups is 1. The van der Waals surface area contributed by atoms with Gasteiger partial charge >= 0.3 is 0 Å². The zero-order valence-electron chi connectivity index (χ0n) is 14.9. The molecule has 2 aromatic carbocycles. The Hall–Kier alpha value is -2.24. The molecule has 1 N–H and O–H groups in total. The number of hydrogen-bond donors (Lipinski definition) is 1. The van der Waals surface area contributed by atoms with E-state index in [-0.39, 0.29) is 5.91 Å². The fraction of sp³-hybridized carbons (Fsp3) is 0.350. The zero-order valence-corrected chi connectivity index (χ0v) is 15.6. The van der Waals surface area contributed by atoms with Gasteiger partial charge in [0, 0.05) is 18.9 Å². The Bertz CT molecular complexity index is 770. The summed E-state index contributed by atoms with van der Waals surface area (Å²) in [6.45, 7) is 1.09. The van der Waals surface area contributed by atoms with Crippen LogP contribution >= 0.6 is 11.6 Å². The third-order valence-corrected chi connectivity index (χ3v) is 5.13. The summed E-state index contributed by atoms with van der Waals surface area (Å²) in [5.74, 6) is 1.27. The molecule has 0 saturated carbocycles. The Morgan fingerprint density at radius 2 is 1.77 bits per heavy atom. The maximum Gasteiger partial charge on any atom is 0.235 e. The number of nitrogens with one attached hydrogen (secondary N) is 1. The van der Waals surface area contributed by atoms with E-state index in [1.165, 1.54) is 0 Å². The van der Waals surface area contributed by atoms with Crippen LogP contribution < -0.4 is 14.8 Å². The second-order valence-corrected chi connectivity index (χ2v) is 6.63. The molecule has 6 heteroatoms. The molecule has 1 aliphatic rings. The molecule has 0 unspecified atom stereocenters. The SMILES string of the molecule is COc1ccc(C2(C(=O)Nc3ccc(OC)c(Cl)c3)CCOCC2)cc1. The number of amides is 1. The highest BCUT2D eigenvalue weighted by molar-refractivity contribution is 6.32. The van der Waals surface area contributed by atoms with Crippen molar-refractivity contribution in [3.8, 4) is 11.5 Å². The summed E-state index contributed by atoms with van der Waals surface area (Å²) in [5, 5.41) is 3.46. The molecule has 0 atom stereocenters. The van der Waals surface area contributed by atoms with E-state index in [9.17, 15) is 4.79 Å². The van der Waals surface area contributed by atoms with Gasteiger partial charge in [-0.15, -0.1) is 0 Å². The van der Waals surface area contributed by atoms with Gasteiger partial charge in [0.2, 0.25) is 5.91 Å². The topological polar surface area (TPSA) is 56.8 Å². The second-order valence-electron chi connectivity index (χ2n) is 6.23. The van der Waals surface area contributed by atoms with E-state index in [0.717, 1.165) is 11.3 Å². The lowest BCUT2D eigenvalue weighted by Gasteiger charge is -2.36. The Balaban J connectivity index is 1.89. The van der Waals surface area contributed by atoms with E-state index >= 15 is 0 Å². The number of anilines is 1. The summed E-state index contributed by atoms with van der Waals surface area (Å²) in [6.07, 6.45) is 1.24. The number of carbonyl (C=O) groups excluding carboxylic acids is 1. The summed E-state index contributed by atoms with van der Waals surface area (Å²) in [4.78, 5) is 13.2. The van der Waals surface area contributed by atoms with Gasteiger partial charge in [0.05, 0.1) is 24.7 Å². The number of rotatable bonds is 5. The normalized spacial score (nSPS) is 16.0. The van der Waals surface area contributed by atoms with Crippen LogP contribution in [0.15, 0.2) is 42.5 Å². The molecule has 0 aliphatic carbocycles. The van der Waals surface area contributed by atoms with Crippen LogP contribution in [-0.2, 0) is 14.9 Å². The van der Waals surface area contributed by atoms with Gasteiger partial charge in [-0.25, -0.2) is 0 Å². The molecule has 0 radical (unpaired) electrons. The van der Waals surface area contributed by atoms with Crippen LogP contribution in [0.1, 0.15) is 18.4 Å². The zero-order chi connectivity index (χ0) is 18.6. The number of methoxy groups -OCH3 is 2. The average molecular weight is 376 g/mol. The number of hydrogen-bond acceptors (Lipinski definition) is 4. The third-order valence-electron chi connectivity index (χ3n) is 4.83. The van der Waals surface area contributed by atoms with E-state index in [4.69, 9.17) is 25.8 Å². The first-order chi connectivity index (χ1) is 12.6. The largest absolute Gasteiger partial charge is 0.497 e. The summed E-state index contributed by atoms with van der Waals surface area (Å²) in [6, 6.07) is 12.9. The molecule has 5 nitrogen and oxygen atoms in total. The standard InChI is InChI=1S/C20H22ClNO4/c1-24-16-6-3-14(4-7-16)20(9-11-26-12-10-20)19(23)22-15-5-8-18(25-2)17(21)13-15/h3-8,13H,9-12H2,1-2H3,(H,22,23). The van der Waals surface area contributed by atoms with Crippen LogP contribution in [0.3, 0.4) is 0 Å². The summed E-state index contributed by atoms with van der Waals surface area (Å²) in [7, 11) is 3.18. The fourth-order valence-electron chi connectivity index (χ4n) is 3.27. The molecule has 3 rings (SSSR count). The van der Waals surface area contributed by atoms with E-state index < -0.39 is 5.41 Å². The minimum absolute atomic E-state index is 0.0628. The Kier molecular flexibility index (Phi) is 5.69. The van der Waals surface area contributed by atoms with Gasteiger partial charge in [-0.1, -0.05) is 23.7 Å². The summed E-state index contributed by atoms with van der Waals surface area (Å²) < 4.78 is 15.9. The average Bonchev–Trinajstić information content (AvgIpc) is 2.68. The Morgan fingerprint density at radius 1 is 1.08 bits per heavy atom. The lowest BCUT2D eigenvalue weighted by atomic mass is 9.73. The summed E-state index contributed by atoms with van der Waals surface area (Å²) in [5.41, 5.74) is 0.954. The van der Waals surface area contributed by atoms with Gasteiger partial charge in [0.25, 0.3) is 0 Å². The van der Waals surface area contributed by atoms with Crippen LogP contribution in [0.2, 0.25) is 5.02 Å². The predicted octanol–water partition coefficient (Wildman–Crippen LogP) is 4.04. The molecular formula is C20H22ClNO4. The molecule has 0 aromatic heterocycles. The quantitative estimate of drug-likeness (QED) is 0.856. The molecule has 1 amide bonds. The van der Waals surface area contributed by atoms with E-state index in [0.29, 0.717) is 42.5 Å². The molecule has 1 heterocycles.